The van der Waals surface area contributed by atoms with E-state index in [-0.39, 0.29) is 18.1 Å². The zero-order chi connectivity index (χ0) is 19.9. The van der Waals surface area contributed by atoms with Crippen LogP contribution >= 0.6 is 0 Å². The number of esters is 1. The summed E-state index contributed by atoms with van der Waals surface area (Å²) in [5.74, 6) is 0.164. The third kappa shape index (κ3) is 6.67. The molecule has 0 atom stereocenters. The van der Waals surface area contributed by atoms with Crippen LogP contribution in [-0.2, 0) is 19.4 Å². The van der Waals surface area contributed by atoms with Gasteiger partial charge in [0.1, 0.15) is 19.0 Å². The molecule has 0 heterocycles. The van der Waals surface area contributed by atoms with E-state index in [1.165, 1.54) is 12.1 Å². The van der Waals surface area contributed by atoms with Crippen LogP contribution in [0.15, 0.2) is 75.8 Å². The molecule has 0 aliphatic heterocycles. The summed E-state index contributed by atoms with van der Waals surface area (Å²) in [6.07, 6.45) is 1.15. The Morgan fingerprint density at radius 3 is 1.96 bits per heavy atom. The maximum absolute atomic E-state index is 11.4. The number of sulfone groups is 1. The highest BCUT2D eigenvalue weighted by atomic mass is 32.2. The van der Waals surface area contributed by atoms with Crippen molar-refractivity contribution in [2.75, 3.05) is 19.5 Å². The lowest BCUT2D eigenvalue weighted by Gasteiger charge is -2.07. The van der Waals surface area contributed by atoms with Gasteiger partial charge in [0.25, 0.3) is 0 Å². The molecule has 0 fully saturated rings. The number of hydrogen-bond acceptors (Lipinski definition) is 7. The molecule has 0 saturated carbocycles. The van der Waals surface area contributed by atoms with Crippen molar-refractivity contribution >= 4 is 27.2 Å². The largest absolute Gasteiger partial charge is 0.490 e. The fourth-order valence-electron chi connectivity index (χ4n) is 1.90. The third-order valence-electron chi connectivity index (χ3n) is 3.32. The molecule has 7 nitrogen and oxygen atoms in total. The van der Waals surface area contributed by atoms with Gasteiger partial charge in [-0.25, -0.2) is 13.2 Å². The smallest absolute Gasteiger partial charge is 0.333 e. The summed E-state index contributed by atoms with van der Waals surface area (Å²) >= 11 is 0. The first-order chi connectivity index (χ1) is 12.8. The van der Waals surface area contributed by atoms with Crippen LogP contribution in [0.3, 0.4) is 0 Å². The minimum absolute atomic E-state index is 0.136. The van der Waals surface area contributed by atoms with Crippen molar-refractivity contribution in [3.05, 3.63) is 60.7 Å². The summed E-state index contributed by atoms with van der Waals surface area (Å²) in [6.45, 7) is 5.44. The summed E-state index contributed by atoms with van der Waals surface area (Å²) in [7, 11) is -3.23. The van der Waals surface area contributed by atoms with Gasteiger partial charge in [0.15, 0.2) is 9.84 Å². The second-order valence-electron chi connectivity index (χ2n) is 5.72. The average molecular weight is 388 g/mol. The number of benzene rings is 2. The first kappa shape index (κ1) is 20.3. The Morgan fingerprint density at radius 2 is 1.48 bits per heavy atom. The van der Waals surface area contributed by atoms with Gasteiger partial charge in [-0.05, 0) is 55.5 Å². The van der Waals surface area contributed by atoms with Crippen LogP contribution in [0.2, 0.25) is 0 Å². The summed E-state index contributed by atoms with van der Waals surface area (Å²) in [5.41, 5.74) is 1.50. The van der Waals surface area contributed by atoms with Crippen molar-refractivity contribution in [2.45, 2.75) is 11.8 Å². The Kier molecular flexibility index (Phi) is 6.84. The topological polar surface area (TPSA) is 94.4 Å². The average Bonchev–Trinajstić information content (AvgIpc) is 2.64. The van der Waals surface area contributed by atoms with Crippen LogP contribution in [0, 0.1) is 0 Å². The number of ether oxygens (including phenoxy) is 2. The number of nitrogens with zero attached hydrogens (tertiary/aromatic N) is 2. The lowest BCUT2D eigenvalue weighted by molar-refractivity contribution is -0.139. The summed E-state index contributed by atoms with van der Waals surface area (Å²) in [6, 6.07) is 13.0. The second kappa shape index (κ2) is 9.09. The molecule has 0 bridgehead atoms. The fraction of sp³-hybridized carbons (Fsp3) is 0.211. The second-order valence-corrected chi connectivity index (χ2v) is 7.74. The van der Waals surface area contributed by atoms with Gasteiger partial charge < -0.3 is 9.47 Å². The fourth-order valence-corrected chi connectivity index (χ4v) is 2.53. The number of carbonyl (C=O) groups excluding carboxylic acids is 1. The van der Waals surface area contributed by atoms with Crippen LogP contribution in [0.4, 0.5) is 11.4 Å². The van der Waals surface area contributed by atoms with E-state index in [4.69, 9.17) is 9.47 Å². The Labute approximate surface area is 158 Å². The van der Waals surface area contributed by atoms with Gasteiger partial charge >= 0.3 is 5.97 Å². The van der Waals surface area contributed by atoms with Crippen molar-refractivity contribution in [2.24, 2.45) is 10.2 Å². The molecule has 27 heavy (non-hydrogen) atoms. The van der Waals surface area contributed by atoms with Gasteiger partial charge in [0.05, 0.1) is 16.3 Å². The van der Waals surface area contributed by atoms with Crippen molar-refractivity contribution in [3.8, 4) is 5.75 Å². The lowest BCUT2D eigenvalue weighted by atomic mass is 10.3. The third-order valence-corrected chi connectivity index (χ3v) is 4.44. The minimum atomic E-state index is -3.23. The van der Waals surface area contributed by atoms with E-state index in [1.54, 1.807) is 43.3 Å². The summed E-state index contributed by atoms with van der Waals surface area (Å²) < 4.78 is 33.2. The van der Waals surface area contributed by atoms with Crippen molar-refractivity contribution in [1.82, 2.24) is 0 Å². The van der Waals surface area contributed by atoms with Gasteiger partial charge in [-0.1, -0.05) is 6.58 Å². The van der Waals surface area contributed by atoms with Gasteiger partial charge in [-0.15, -0.1) is 0 Å². The first-order valence-electron chi connectivity index (χ1n) is 8.03. The molecule has 2 aromatic rings. The molecule has 0 aromatic heterocycles. The van der Waals surface area contributed by atoms with Crippen molar-refractivity contribution in [1.29, 1.82) is 0 Å². The van der Waals surface area contributed by atoms with Gasteiger partial charge in [0.2, 0.25) is 0 Å². The molecule has 0 aliphatic carbocycles. The molecule has 2 aromatic carbocycles. The van der Waals surface area contributed by atoms with Crippen LogP contribution in [0.25, 0.3) is 0 Å². The van der Waals surface area contributed by atoms with Gasteiger partial charge in [0, 0.05) is 11.8 Å². The number of hydrogen-bond donors (Lipinski definition) is 0. The van der Waals surface area contributed by atoms with Gasteiger partial charge in [-0.2, -0.15) is 10.2 Å². The van der Waals surface area contributed by atoms with Crippen LogP contribution in [0.5, 0.6) is 5.75 Å². The molecular formula is C19H20N2O5S. The van der Waals surface area contributed by atoms with E-state index in [2.05, 4.69) is 16.8 Å². The summed E-state index contributed by atoms with van der Waals surface area (Å²) in [5, 5.41) is 8.15. The Hall–Kier alpha value is -3.00. The number of carbonyl (C=O) groups is 1. The van der Waals surface area contributed by atoms with Crippen LogP contribution in [0.1, 0.15) is 6.92 Å². The lowest BCUT2D eigenvalue weighted by Crippen LogP contribution is -2.12. The number of rotatable bonds is 8. The van der Waals surface area contributed by atoms with E-state index < -0.39 is 15.8 Å². The zero-order valence-electron chi connectivity index (χ0n) is 15.1. The molecule has 0 unspecified atom stereocenters. The minimum Gasteiger partial charge on any atom is -0.490 e. The quantitative estimate of drug-likeness (QED) is 0.295. The Balaban J connectivity index is 1.87. The molecule has 0 amide bonds. The molecule has 0 N–H and O–H groups in total. The van der Waals surface area contributed by atoms with E-state index in [9.17, 15) is 13.2 Å². The summed E-state index contributed by atoms with van der Waals surface area (Å²) in [4.78, 5) is 11.5. The maximum Gasteiger partial charge on any atom is 0.333 e. The number of azo groups is 1. The molecule has 8 heteroatoms. The normalized spacial score (nSPS) is 11.3. The Morgan fingerprint density at radius 1 is 0.963 bits per heavy atom. The molecule has 0 spiro atoms. The molecule has 142 valence electrons. The van der Waals surface area contributed by atoms with Crippen molar-refractivity contribution in [3.63, 3.8) is 0 Å². The van der Waals surface area contributed by atoms with E-state index in [0.29, 0.717) is 22.7 Å². The predicted octanol–water partition coefficient (Wildman–Crippen LogP) is 4.00. The molecule has 0 aliphatic rings. The zero-order valence-corrected chi connectivity index (χ0v) is 15.9. The predicted molar refractivity (Wildman–Crippen MR) is 101 cm³/mol. The molecule has 2 rings (SSSR count). The van der Waals surface area contributed by atoms with E-state index in [0.717, 1.165) is 6.26 Å². The first-order valence-corrected chi connectivity index (χ1v) is 9.92. The van der Waals surface area contributed by atoms with Crippen LogP contribution in [-0.4, -0.2) is 33.9 Å². The Bertz CT molecular complexity index is 933. The monoisotopic (exact) mass is 388 g/mol. The van der Waals surface area contributed by atoms with E-state index >= 15 is 0 Å². The molecule has 0 radical (unpaired) electrons. The maximum atomic E-state index is 11.4. The van der Waals surface area contributed by atoms with E-state index in [1.807, 2.05) is 0 Å². The highest BCUT2D eigenvalue weighted by Gasteiger charge is 2.06. The van der Waals surface area contributed by atoms with Gasteiger partial charge in [-0.3, -0.25) is 0 Å². The SMILES string of the molecule is C=C(C)C(=O)OCCOc1ccc(/N=N/c2ccc(S(C)(=O)=O)cc2)cc1. The molecular weight excluding hydrogens is 368 g/mol. The van der Waals surface area contributed by atoms with Crippen molar-refractivity contribution < 1.29 is 22.7 Å². The molecule has 0 saturated heterocycles. The highest BCUT2D eigenvalue weighted by Crippen LogP contribution is 2.22. The highest BCUT2D eigenvalue weighted by molar-refractivity contribution is 7.90. The van der Waals surface area contributed by atoms with Crippen LogP contribution < -0.4 is 4.74 Å². The standard InChI is InChI=1S/C19H20N2O5S/c1-14(2)19(22)26-13-12-25-17-8-4-15(5-9-17)20-21-16-6-10-18(11-7-16)27(3,23)24/h4-11H,1,12-13H2,2-3H3/b21-20+.